The largest absolute Gasteiger partial charge is 0.493 e. The van der Waals surface area contributed by atoms with E-state index in [1.165, 1.54) is 20.3 Å². The van der Waals surface area contributed by atoms with E-state index in [0.29, 0.717) is 23.7 Å². The van der Waals surface area contributed by atoms with Crippen molar-refractivity contribution in [1.29, 1.82) is 0 Å². The number of alkyl halides is 1. The molecule has 0 amide bonds. The molecule has 2 rings (SSSR count). The van der Waals surface area contributed by atoms with Crippen LogP contribution in [-0.4, -0.2) is 26.4 Å². The first-order valence-corrected chi connectivity index (χ1v) is 7.13. The maximum Gasteiger partial charge on any atom is 0.163 e. The zero-order valence-electron chi connectivity index (χ0n) is 11.3. The third kappa shape index (κ3) is 2.72. The van der Waals surface area contributed by atoms with Crippen LogP contribution in [0.5, 0.6) is 11.5 Å². The number of ether oxygens (including phenoxy) is 3. The Bertz CT molecular complexity index is 458. The molecule has 1 aromatic rings. The first-order chi connectivity index (χ1) is 9.01. The van der Waals surface area contributed by atoms with Crippen LogP contribution in [-0.2, 0) is 4.74 Å². The van der Waals surface area contributed by atoms with E-state index < -0.39 is 0 Å². The Hall–Kier alpha value is -0.810. The molecule has 0 radical (unpaired) electrons. The lowest BCUT2D eigenvalue weighted by Crippen LogP contribution is -2.29. The number of halogens is 2. The minimum Gasteiger partial charge on any atom is -0.493 e. The predicted octanol–water partition coefficient (Wildman–Crippen LogP) is 3.85. The molecule has 1 aliphatic heterocycles. The molecule has 0 bridgehead atoms. The van der Waals surface area contributed by atoms with Crippen molar-refractivity contribution in [2.24, 2.45) is 0 Å². The van der Waals surface area contributed by atoms with Gasteiger partial charge in [-0.05, 0) is 25.8 Å². The van der Waals surface area contributed by atoms with E-state index >= 15 is 0 Å². The van der Waals surface area contributed by atoms with E-state index in [0.717, 1.165) is 12.8 Å². The Kier molecular flexibility index (Phi) is 4.36. The van der Waals surface area contributed by atoms with Crippen molar-refractivity contribution in [2.45, 2.75) is 30.2 Å². The summed E-state index contributed by atoms with van der Waals surface area (Å²) < 4.78 is 30.3. The molecule has 19 heavy (non-hydrogen) atoms. The fraction of sp³-hybridized carbons (Fsp3) is 0.571. The predicted molar refractivity (Wildman–Crippen MR) is 74.8 cm³/mol. The van der Waals surface area contributed by atoms with Crippen LogP contribution in [0.4, 0.5) is 4.39 Å². The fourth-order valence-electron chi connectivity index (χ4n) is 2.39. The lowest BCUT2D eigenvalue weighted by Gasteiger charge is -2.30. The molecular formula is C14H18BrFO3. The second-order valence-electron chi connectivity index (χ2n) is 4.86. The molecule has 0 N–H and O–H groups in total. The molecule has 0 aromatic heterocycles. The molecule has 2 atom stereocenters. The van der Waals surface area contributed by atoms with E-state index in [1.54, 1.807) is 6.07 Å². The molecule has 0 saturated carbocycles. The van der Waals surface area contributed by atoms with Crippen LogP contribution < -0.4 is 9.47 Å². The molecule has 1 aromatic carbocycles. The first-order valence-electron chi connectivity index (χ1n) is 6.21. The molecule has 0 spiro atoms. The second kappa shape index (κ2) is 5.67. The molecule has 1 saturated heterocycles. The average Bonchev–Trinajstić information content (AvgIpc) is 2.85. The molecule has 1 fully saturated rings. The number of methoxy groups -OCH3 is 2. The summed E-state index contributed by atoms with van der Waals surface area (Å²) in [6.07, 6.45) is 1.89. The van der Waals surface area contributed by atoms with Gasteiger partial charge in [-0.3, -0.25) is 0 Å². The Morgan fingerprint density at radius 2 is 1.95 bits per heavy atom. The summed E-state index contributed by atoms with van der Waals surface area (Å²) in [6.45, 7) is 2.71. The van der Waals surface area contributed by atoms with Gasteiger partial charge < -0.3 is 14.2 Å². The molecule has 1 heterocycles. The summed E-state index contributed by atoms with van der Waals surface area (Å²) in [6, 6.07) is 3.02. The van der Waals surface area contributed by atoms with Crippen LogP contribution in [0.2, 0.25) is 0 Å². The quantitative estimate of drug-likeness (QED) is 0.784. The lowest BCUT2D eigenvalue weighted by molar-refractivity contribution is 0.0190. The summed E-state index contributed by atoms with van der Waals surface area (Å²) in [5.74, 6) is 0.585. The van der Waals surface area contributed by atoms with Crippen LogP contribution in [0, 0.1) is 5.82 Å². The number of hydrogen-bond donors (Lipinski definition) is 0. The highest BCUT2D eigenvalue weighted by Crippen LogP contribution is 2.45. The van der Waals surface area contributed by atoms with Crippen LogP contribution in [0.1, 0.15) is 30.2 Å². The molecule has 106 valence electrons. The third-order valence-electron chi connectivity index (χ3n) is 3.56. The van der Waals surface area contributed by atoms with Crippen molar-refractivity contribution in [3.05, 3.63) is 23.5 Å². The molecule has 3 nitrogen and oxygen atoms in total. The highest BCUT2D eigenvalue weighted by Gasteiger charge is 2.39. The van der Waals surface area contributed by atoms with Crippen molar-refractivity contribution >= 4 is 15.9 Å². The van der Waals surface area contributed by atoms with Gasteiger partial charge in [0.25, 0.3) is 0 Å². The van der Waals surface area contributed by atoms with E-state index in [-0.39, 0.29) is 16.2 Å². The van der Waals surface area contributed by atoms with Crippen LogP contribution in [0.15, 0.2) is 12.1 Å². The normalized spacial score (nSPS) is 24.3. The highest BCUT2D eigenvalue weighted by atomic mass is 79.9. The standard InChI is InChI=1S/C14H18BrFO3/c1-14(5-4-6-19-14)13(15)9-7-11(17-2)12(18-3)8-10(9)16/h7-8,13H,4-6H2,1-3H3. The zero-order chi connectivity index (χ0) is 14.0. The zero-order valence-corrected chi connectivity index (χ0v) is 12.9. The summed E-state index contributed by atoms with van der Waals surface area (Å²) in [4.78, 5) is -0.220. The van der Waals surface area contributed by atoms with E-state index in [9.17, 15) is 4.39 Å². The van der Waals surface area contributed by atoms with Crippen molar-refractivity contribution in [2.75, 3.05) is 20.8 Å². The van der Waals surface area contributed by atoms with Crippen LogP contribution in [0.3, 0.4) is 0 Å². The molecular weight excluding hydrogens is 315 g/mol. The molecule has 1 aliphatic rings. The molecule has 5 heteroatoms. The SMILES string of the molecule is COc1cc(F)c(C(Br)C2(C)CCCO2)cc1OC. The second-order valence-corrected chi connectivity index (χ2v) is 5.77. The van der Waals surface area contributed by atoms with Gasteiger partial charge in [0.1, 0.15) is 5.82 Å². The minimum absolute atomic E-state index is 0.220. The Balaban J connectivity index is 2.38. The topological polar surface area (TPSA) is 27.7 Å². The monoisotopic (exact) mass is 332 g/mol. The van der Waals surface area contributed by atoms with E-state index in [4.69, 9.17) is 14.2 Å². The maximum absolute atomic E-state index is 14.2. The van der Waals surface area contributed by atoms with Crippen molar-refractivity contribution < 1.29 is 18.6 Å². The van der Waals surface area contributed by atoms with Gasteiger partial charge in [-0.15, -0.1) is 0 Å². The van der Waals surface area contributed by atoms with Gasteiger partial charge >= 0.3 is 0 Å². The maximum atomic E-state index is 14.2. The number of rotatable bonds is 4. The average molecular weight is 333 g/mol. The van der Waals surface area contributed by atoms with Crippen LogP contribution >= 0.6 is 15.9 Å². The van der Waals surface area contributed by atoms with Gasteiger partial charge in [-0.25, -0.2) is 4.39 Å². The highest BCUT2D eigenvalue weighted by molar-refractivity contribution is 9.09. The van der Waals surface area contributed by atoms with Gasteiger partial charge in [-0.1, -0.05) is 15.9 Å². The van der Waals surface area contributed by atoms with Gasteiger partial charge in [0.05, 0.1) is 24.6 Å². The van der Waals surface area contributed by atoms with Crippen molar-refractivity contribution in [3.63, 3.8) is 0 Å². The van der Waals surface area contributed by atoms with Gasteiger partial charge in [0, 0.05) is 18.2 Å². The van der Waals surface area contributed by atoms with Crippen molar-refractivity contribution in [3.8, 4) is 11.5 Å². The first kappa shape index (κ1) is 14.6. The Labute approximate surface area is 121 Å². The Morgan fingerprint density at radius 3 is 2.47 bits per heavy atom. The van der Waals surface area contributed by atoms with Gasteiger partial charge in [-0.2, -0.15) is 0 Å². The van der Waals surface area contributed by atoms with Crippen molar-refractivity contribution in [1.82, 2.24) is 0 Å². The van der Waals surface area contributed by atoms with Gasteiger partial charge in [0.15, 0.2) is 11.5 Å². The smallest absolute Gasteiger partial charge is 0.163 e. The van der Waals surface area contributed by atoms with Gasteiger partial charge in [0.2, 0.25) is 0 Å². The lowest BCUT2D eigenvalue weighted by atomic mass is 9.93. The fourth-order valence-corrected chi connectivity index (χ4v) is 3.11. The summed E-state index contributed by atoms with van der Waals surface area (Å²) in [5, 5.41) is 0. The number of benzene rings is 1. The summed E-state index contributed by atoms with van der Waals surface area (Å²) in [5.41, 5.74) is 0.141. The van der Waals surface area contributed by atoms with E-state index in [1.807, 2.05) is 6.92 Å². The number of hydrogen-bond acceptors (Lipinski definition) is 3. The third-order valence-corrected chi connectivity index (χ3v) is 5.02. The van der Waals surface area contributed by atoms with Crippen LogP contribution in [0.25, 0.3) is 0 Å². The molecule has 0 aliphatic carbocycles. The van der Waals surface area contributed by atoms with E-state index in [2.05, 4.69) is 15.9 Å². The summed E-state index contributed by atoms with van der Waals surface area (Å²) in [7, 11) is 3.03. The minimum atomic E-state index is -0.388. The molecule has 2 unspecified atom stereocenters. The Morgan fingerprint density at radius 1 is 1.32 bits per heavy atom. The summed E-state index contributed by atoms with van der Waals surface area (Å²) >= 11 is 3.57.